The maximum atomic E-state index is 13.2. The molecule has 3 heterocycles. The molecule has 8 nitrogen and oxygen atoms in total. The molecule has 31 heavy (non-hydrogen) atoms. The summed E-state index contributed by atoms with van der Waals surface area (Å²) in [4.78, 5) is 3.98. The molecule has 0 radical (unpaired) electrons. The van der Waals surface area contributed by atoms with Crippen LogP contribution in [0.15, 0.2) is 53.2 Å². The van der Waals surface area contributed by atoms with Crippen molar-refractivity contribution in [3.05, 3.63) is 60.2 Å². The van der Waals surface area contributed by atoms with Gasteiger partial charge < -0.3 is 9.15 Å². The van der Waals surface area contributed by atoms with E-state index in [1.165, 1.54) is 4.31 Å². The fourth-order valence-electron chi connectivity index (χ4n) is 3.61. The van der Waals surface area contributed by atoms with Crippen molar-refractivity contribution in [3.8, 4) is 17.2 Å². The quantitative estimate of drug-likeness (QED) is 0.462. The van der Waals surface area contributed by atoms with E-state index in [4.69, 9.17) is 9.15 Å². The summed E-state index contributed by atoms with van der Waals surface area (Å²) in [5, 5.41) is 8.22. The van der Waals surface area contributed by atoms with Crippen LogP contribution in [0.4, 0.5) is 0 Å². The molecule has 0 aliphatic carbocycles. The highest BCUT2D eigenvalue weighted by Gasteiger charge is 2.38. The Labute approximate surface area is 182 Å². The van der Waals surface area contributed by atoms with Crippen molar-refractivity contribution in [2.45, 2.75) is 44.4 Å². The van der Waals surface area contributed by atoms with Crippen LogP contribution in [0, 0.1) is 0 Å². The molecule has 1 aliphatic heterocycles. The third kappa shape index (κ3) is 5.11. The van der Waals surface area contributed by atoms with Crippen LogP contribution in [-0.2, 0) is 15.8 Å². The third-order valence-corrected chi connectivity index (χ3v) is 7.10. The van der Waals surface area contributed by atoms with Crippen LogP contribution in [0.1, 0.15) is 50.1 Å². The normalized spacial score (nSPS) is 17.1. The van der Waals surface area contributed by atoms with Gasteiger partial charge in [0.05, 0.1) is 12.4 Å². The van der Waals surface area contributed by atoms with Crippen LogP contribution in [-0.4, -0.2) is 41.1 Å². The molecule has 2 aromatic heterocycles. The SMILES string of the molecule is CCCCOc1ccc(CS(=O)(=O)N2CCCC2c2nnc(-c3ccncc3)o2)cc1. The summed E-state index contributed by atoms with van der Waals surface area (Å²) in [6.45, 7) is 3.21. The van der Waals surface area contributed by atoms with Gasteiger partial charge in [-0.05, 0) is 49.1 Å². The Hall–Kier alpha value is -2.78. The Morgan fingerprint density at radius 3 is 2.65 bits per heavy atom. The molecule has 1 atom stereocenters. The van der Waals surface area contributed by atoms with E-state index in [0.29, 0.717) is 31.4 Å². The van der Waals surface area contributed by atoms with Crippen molar-refractivity contribution in [2.75, 3.05) is 13.2 Å². The number of ether oxygens (including phenoxy) is 1. The van der Waals surface area contributed by atoms with E-state index >= 15 is 0 Å². The topological polar surface area (TPSA) is 98.4 Å². The van der Waals surface area contributed by atoms with Crippen LogP contribution in [0.3, 0.4) is 0 Å². The number of unbranched alkanes of at least 4 members (excludes halogenated alkanes) is 1. The van der Waals surface area contributed by atoms with E-state index in [2.05, 4.69) is 22.1 Å². The highest BCUT2D eigenvalue weighted by molar-refractivity contribution is 7.88. The Morgan fingerprint density at radius 2 is 1.90 bits per heavy atom. The second kappa shape index (κ2) is 9.57. The maximum Gasteiger partial charge on any atom is 0.247 e. The molecule has 0 N–H and O–H groups in total. The number of aromatic nitrogens is 3. The molecular weight excluding hydrogens is 416 g/mol. The van der Waals surface area contributed by atoms with Gasteiger partial charge in [0.25, 0.3) is 0 Å². The molecule has 0 amide bonds. The smallest absolute Gasteiger partial charge is 0.247 e. The van der Waals surface area contributed by atoms with E-state index in [0.717, 1.165) is 36.1 Å². The molecule has 1 fully saturated rings. The van der Waals surface area contributed by atoms with E-state index in [-0.39, 0.29) is 5.75 Å². The summed E-state index contributed by atoms with van der Waals surface area (Å²) in [6, 6.07) is 10.4. The van der Waals surface area contributed by atoms with Crippen molar-refractivity contribution in [2.24, 2.45) is 0 Å². The molecule has 9 heteroatoms. The van der Waals surface area contributed by atoms with Crippen molar-refractivity contribution in [1.82, 2.24) is 19.5 Å². The molecule has 1 saturated heterocycles. The lowest BCUT2D eigenvalue weighted by Crippen LogP contribution is -2.31. The number of hydrogen-bond donors (Lipinski definition) is 0. The third-order valence-electron chi connectivity index (χ3n) is 5.25. The van der Waals surface area contributed by atoms with Crippen molar-refractivity contribution >= 4 is 10.0 Å². The lowest BCUT2D eigenvalue weighted by Gasteiger charge is -2.21. The van der Waals surface area contributed by atoms with Crippen LogP contribution in [0.5, 0.6) is 5.75 Å². The summed E-state index contributed by atoms with van der Waals surface area (Å²) in [5.41, 5.74) is 1.47. The van der Waals surface area contributed by atoms with E-state index in [9.17, 15) is 8.42 Å². The number of rotatable bonds is 9. The average molecular weight is 443 g/mol. The highest BCUT2D eigenvalue weighted by Crippen LogP contribution is 2.35. The minimum absolute atomic E-state index is 0.0793. The summed E-state index contributed by atoms with van der Waals surface area (Å²) < 4.78 is 39.3. The van der Waals surface area contributed by atoms with Gasteiger partial charge in [0, 0.05) is 24.5 Å². The first-order valence-corrected chi connectivity index (χ1v) is 12.1. The van der Waals surface area contributed by atoms with Crippen molar-refractivity contribution in [3.63, 3.8) is 0 Å². The second-order valence-corrected chi connectivity index (χ2v) is 9.47. The van der Waals surface area contributed by atoms with Crippen LogP contribution in [0.25, 0.3) is 11.5 Å². The summed E-state index contributed by atoms with van der Waals surface area (Å²) in [7, 11) is -3.54. The van der Waals surface area contributed by atoms with Gasteiger partial charge in [0.2, 0.25) is 21.8 Å². The van der Waals surface area contributed by atoms with Gasteiger partial charge >= 0.3 is 0 Å². The van der Waals surface area contributed by atoms with Gasteiger partial charge in [-0.2, -0.15) is 4.31 Å². The van der Waals surface area contributed by atoms with Gasteiger partial charge in [0.1, 0.15) is 11.8 Å². The molecule has 1 unspecified atom stereocenters. The number of sulfonamides is 1. The van der Waals surface area contributed by atoms with Crippen LogP contribution < -0.4 is 4.74 Å². The monoisotopic (exact) mass is 442 g/mol. The molecule has 164 valence electrons. The zero-order valence-electron chi connectivity index (χ0n) is 17.5. The van der Waals surface area contributed by atoms with E-state index in [1.54, 1.807) is 36.7 Å². The zero-order chi connectivity index (χ0) is 21.7. The minimum atomic E-state index is -3.54. The van der Waals surface area contributed by atoms with Crippen molar-refractivity contribution in [1.29, 1.82) is 0 Å². The first-order chi connectivity index (χ1) is 15.1. The molecule has 3 aromatic rings. The maximum absolute atomic E-state index is 13.2. The molecule has 1 aromatic carbocycles. The summed E-state index contributed by atoms with van der Waals surface area (Å²) >= 11 is 0. The Bertz CT molecular complexity index is 1080. The van der Waals surface area contributed by atoms with Gasteiger partial charge in [-0.3, -0.25) is 4.98 Å². The highest BCUT2D eigenvalue weighted by atomic mass is 32.2. The average Bonchev–Trinajstić information content (AvgIpc) is 3.46. The first-order valence-electron chi connectivity index (χ1n) is 10.5. The largest absolute Gasteiger partial charge is 0.494 e. The number of hydrogen-bond acceptors (Lipinski definition) is 7. The van der Waals surface area contributed by atoms with Gasteiger partial charge in [-0.1, -0.05) is 25.5 Å². The molecule has 0 saturated carbocycles. The van der Waals surface area contributed by atoms with E-state index < -0.39 is 16.1 Å². The molecule has 1 aliphatic rings. The lowest BCUT2D eigenvalue weighted by atomic mass is 10.2. The first kappa shape index (κ1) is 21.5. The number of benzene rings is 1. The summed E-state index contributed by atoms with van der Waals surface area (Å²) in [6.07, 6.45) is 6.75. The van der Waals surface area contributed by atoms with Gasteiger partial charge in [-0.25, -0.2) is 8.42 Å². The fourth-order valence-corrected chi connectivity index (χ4v) is 5.38. The predicted molar refractivity (Wildman–Crippen MR) is 116 cm³/mol. The zero-order valence-corrected chi connectivity index (χ0v) is 18.3. The number of nitrogens with zero attached hydrogens (tertiary/aromatic N) is 4. The van der Waals surface area contributed by atoms with E-state index in [1.807, 2.05) is 12.1 Å². The number of pyridine rings is 1. The fraction of sp³-hybridized carbons (Fsp3) is 0.409. The Kier molecular flexibility index (Phi) is 6.62. The van der Waals surface area contributed by atoms with Crippen molar-refractivity contribution < 1.29 is 17.6 Å². The standard InChI is InChI=1S/C22H26N4O4S/c1-2-3-15-29-19-8-6-17(7-9-19)16-31(27,28)26-14-4-5-20(26)22-25-24-21(30-22)18-10-12-23-13-11-18/h6-13,20H,2-5,14-16H2,1H3. The second-order valence-electron chi connectivity index (χ2n) is 7.55. The van der Waals surface area contributed by atoms with Crippen LogP contribution >= 0.6 is 0 Å². The van der Waals surface area contributed by atoms with Crippen LogP contribution in [0.2, 0.25) is 0 Å². The Balaban J connectivity index is 1.46. The minimum Gasteiger partial charge on any atom is -0.494 e. The van der Waals surface area contributed by atoms with Gasteiger partial charge in [0.15, 0.2) is 0 Å². The molecule has 0 spiro atoms. The molecular formula is C22H26N4O4S. The summed E-state index contributed by atoms with van der Waals surface area (Å²) in [5.74, 6) is 1.36. The predicted octanol–water partition coefficient (Wildman–Crippen LogP) is 3.98. The molecule has 0 bridgehead atoms. The van der Waals surface area contributed by atoms with Gasteiger partial charge in [-0.15, -0.1) is 10.2 Å². The Morgan fingerprint density at radius 1 is 1.13 bits per heavy atom. The lowest BCUT2D eigenvalue weighted by molar-refractivity contribution is 0.309. The molecule has 4 rings (SSSR count).